The lowest BCUT2D eigenvalue weighted by molar-refractivity contribution is -0.113. The van der Waals surface area contributed by atoms with E-state index in [4.69, 9.17) is 4.74 Å². The zero-order valence-electron chi connectivity index (χ0n) is 14.3. The summed E-state index contributed by atoms with van der Waals surface area (Å²) in [7, 11) is 1.83. The van der Waals surface area contributed by atoms with Crippen molar-refractivity contribution >= 4 is 23.5 Å². The molecule has 0 saturated carbocycles. The van der Waals surface area contributed by atoms with Crippen molar-refractivity contribution in [1.29, 1.82) is 0 Å². The van der Waals surface area contributed by atoms with Crippen molar-refractivity contribution in [3.63, 3.8) is 0 Å². The summed E-state index contributed by atoms with van der Waals surface area (Å²) < 4.78 is 7.60. The van der Waals surface area contributed by atoms with E-state index in [9.17, 15) is 4.79 Å². The van der Waals surface area contributed by atoms with Crippen LogP contribution in [0, 0.1) is 0 Å². The predicted molar refractivity (Wildman–Crippen MR) is 101 cm³/mol. The second-order valence-corrected chi connectivity index (χ2v) is 7.09. The number of aryl methyl sites for hydroxylation is 1. The Labute approximate surface area is 155 Å². The number of aromatic nitrogens is 3. The third-order valence-corrected chi connectivity index (χ3v) is 5.45. The van der Waals surface area contributed by atoms with Crippen molar-refractivity contribution in [2.75, 3.05) is 11.1 Å². The second kappa shape index (κ2) is 7.21. The van der Waals surface area contributed by atoms with E-state index in [0.29, 0.717) is 12.4 Å². The van der Waals surface area contributed by atoms with Gasteiger partial charge in [0.05, 0.1) is 22.9 Å². The van der Waals surface area contributed by atoms with E-state index in [1.54, 1.807) is 22.6 Å². The third-order valence-electron chi connectivity index (χ3n) is 4.16. The third kappa shape index (κ3) is 3.43. The van der Waals surface area contributed by atoms with Gasteiger partial charge in [-0.25, -0.2) is 0 Å². The van der Waals surface area contributed by atoms with E-state index in [1.165, 1.54) is 0 Å². The molecule has 1 atom stereocenters. The van der Waals surface area contributed by atoms with E-state index >= 15 is 0 Å². The van der Waals surface area contributed by atoms with Crippen molar-refractivity contribution in [1.82, 2.24) is 14.8 Å². The first kappa shape index (κ1) is 16.7. The highest BCUT2D eigenvalue weighted by molar-refractivity contribution is 8.00. The Bertz CT molecular complexity index is 926. The molecule has 3 heterocycles. The van der Waals surface area contributed by atoms with Crippen molar-refractivity contribution < 1.29 is 9.53 Å². The van der Waals surface area contributed by atoms with Gasteiger partial charge in [-0.1, -0.05) is 18.2 Å². The first-order valence-corrected chi connectivity index (χ1v) is 9.31. The Kier molecular flexibility index (Phi) is 4.62. The normalized spacial score (nSPS) is 16.5. The summed E-state index contributed by atoms with van der Waals surface area (Å²) in [6.07, 6.45) is 3.57. The Balaban J connectivity index is 1.59. The number of anilines is 1. The van der Waals surface area contributed by atoms with E-state index in [0.717, 1.165) is 28.4 Å². The van der Waals surface area contributed by atoms with Gasteiger partial charge in [-0.05, 0) is 29.8 Å². The van der Waals surface area contributed by atoms with Crippen LogP contribution in [0.3, 0.4) is 0 Å². The van der Waals surface area contributed by atoms with Gasteiger partial charge in [0, 0.05) is 18.8 Å². The molecule has 1 N–H and O–H groups in total. The summed E-state index contributed by atoms with van der Waals surface area (Å²) in [6.45, 7) is 0.417. The number of nitrogens with zero attached hydrogens (tertiary/aromatic N) is 3. The average molecular weight is 366 g/mol. The van der Waals surface area contributed by atoms with Crippen LogP contribution in [0.4, 0.5) is 5.82 Å². The average Bonchev–Trinajstić information content (AvgIpc) is 2.92. The first-order valence-electron chi connectivity index (χ1n) is 8.27. The molecule has 0 spiro atoms. The van der Waals surface area contributed by atoms with Crippen molar-refractivity contribution in [3.8, 4) is 5.75 Å². The van der Waals surface area contributed by atoms with Crippen LogP contribution < -0.4 is 10.1 Å². The molecule has 1 aromatic carbocycles. The van der Waals surface area contributed by atoms with Crippen LogP contribution in [0.1, 0.15) is 22.1 Å². The molecule has 0 bridgehead atoms. The molecule has 4 rings (SSSR count). The molecule has 132 valence electrons. The molecule has 7 heteroatoms. The van der Waals surface area contributed by atoms with Gasteiger partial charge in [-0.15, -0.1) is 11.8 Å². The molecule has 0 aliphatic carbocycles. The molecule has 0 radical (unpaired) electrons. The second-order valence-electron chi connectivity index (χ2n) is 5.99. The standard InChI is InChI=1S/C19H18N4O2S/c1-23-19-16(10-21-23)18(26-12-17(24)22-19)13-5-4-7-15(9-13)25-11-14-6-2-3-8-20-14/h2-10,18H,11-12H2,1H3,(H,22,24). The zero-order chi connectivity index (χ0) is 17.9. The van der Waals surface area contributed by atoms with Crippen LogP contribution in [0.15, 0.2) is 54.9 Å². The highest BCUT2D eigenvalue weighted by atomic mass is 32.2. The van der Waals surface area contributed by atoms with Crippen molar-refractivity contribution in [3.05, 3.63) is 71.7 Å². The maximum Gasteiger partial charge on any atom is 0.235 e. The maximum absolute atomic E-state index is 12.0. The lowest BCUT2D eigenvalue weighted by Gasteiger charge is -2.15. The minimum absolute atomic E-state index is 0.00935. The predicted octanol–water partition coefficient (Wildman–Crippen LogP) is 3.17. The van der Waals surface area contributed by atoms with Gasteiger partial charge in [0.1, 0.15) is 18.2 Å². The highest BCUT2D eigenvalue weighted by Crippen LogP contribution is 2.41. The van der Waals surface area contributed by atoms with Gasteiger partial charge in [0.2, 0.25) is 5.91 Å². The maximum atomic E-state index is 12.0. The quantitative estimate of drug-likeness (QED) is 0.768. The fraction of sp³-hybridized carbons (Fsp3) is 0.211. The summed E-state index contributed by atoms with van der Waals surface area (Å²) in [6, 6.07) is 13.7. The fourth-order valence-electron chi connectivity index (χ4n) is 2.90. The van der Waals surface area contributed by atoms with E-state index in [-0.39, 0.29) is 11.2 Å². The molecule has 1 aliphatic heterocycles. The summed E-state index contributed by atoms with van der Waals surface area (Å²) in [5.74, 6) is 1.93. The largest absolute Gasteiger partial charge is 0.487 e. The molecule has 0 fully saturated rings. The molecule has 26 heavy (non-hydrogen) atoms. The number of benzene rings is 1. The number of thioether (sulfide) groups is 1. The first-order chi connectivity index (χ1) is 12.7. The number of rotatable bonds is 4. The number of hydrogen-bond acceptors (Lipinski definition) is 5. The van der Waals surface area contributed by atoms with Crippen LogP contribution in [-0.2, 0) is 18.4 Å². The molecule has 6 nitrogen and oxygen atoms in total. The number of ether oxygens (including phenoxy) is 1. The molecule has 1 aliphatic rings. The number of nitrogens with one attached hydrogen (secondary N) is 1. The lowest BCUT2D eigenvalue weighted by atomic mass is 10.1. The van der Waals surface area contributed by atoms with Gasteiger partial charge < -0.3 is 10.1 Å². The Morgan fingerprint density at radius 2 is 2.23 bits per heavy atom. The smallest absolute Gasteiger partial charge is 0.235 e. The van der Waals surface area contributed by atoms with Gasteiger partial charge in [0.25, 0.3) is 0 Å². The Hall–Kier alpha value is -2.80. The van der Waals surface area contributed by atoms with Gasteiger partial charge in [0.15, 0.2) is 0 Å². The Morgan fingerprint density at radius 3 is 3.08 bits per heavy atom. The van der Waals surface area contributed by atoms with Crippen LogP contribution in [0.2, 0.25) is 0 Å². The number of carbonyl (C=O) groups is 1. The van der Waals surface area contributed by atoms with Crippen molar-refractivity contribution in [2.24, 2.45) is 7.05 Å². The summed E-state index contributed by atoms with van der Waals surface area (Å²) in [5, 5.41) is 7.25. The molecule has 3 aromatic rings. The molecule has 2 aromatic heterocycles. The lowest BCUT2D eigenvalue weighted by Crippen LogP contribution is -2.15. The zero-order valence-corrected chi connectivity index (χ0v) is 15.1. The highest BCUT2D eigenvalue weighted by Gasteiger charge is 2.27. The van der Waals surface area contributed by atoms with Crippen molar-refractivity contribution in [2.45, 2.75) is 11.9 Å². The number of pyridine rings is 1. The van der Waals surface area contributed by atoms with Crippen LogP contribution in [-0.4, -0.2) is 26.4 Å². The van der Waals surface area contributed by atoms with E-state index < -0.39 is 0 Å². The topological polar surface area (TPSA) is 69.0 Å². The summed E-state index contributed by atoms with van der Waals surface area (Å²) in [5.41, 5.74) is 2.97. The molecular weight excluding hydrogens is 348 g/mol. The van der Waals surface area contributed by atoms with Gasteiger partial charge >= 0.3 is 0 Å². The molecule has 1 amide bonds. The fourth-order valence-corrected chi connectivity index (χ4v) is 3.98. The molecule has 1 unspecified atom stereocenters. The number of fused-ring (bicyclic) bond motifs is 1. The van der Waals surface area contributed by atoms with Crippen LogP contribution in [0.5, 0.6) is 5.75 Å². The summed E-state index contributed by atoms with van der Waals surface area (Å²) in [4.78, 5) is 16.3. The number of amides is 1. The SMILES string of the molecule is Cn1ncc2c1NC(=O)CSC2c1cccc(OCc2ccccn2)c1. The summed E-state index contributed by atoms with van der Waals surface area (Å²) >= 11 is 1.59. The number of carbonyl (C=O) groups excluding carboxylic acids is 1. The molecular formula is C19H18N4O2S. The monoisotopic (exact) mass is 366 g/mol. The van der Waals surface area contributed by atoms with Crippen LogP contribution >= 0.6 is 11.8 Å². The van der Waals surface area contributed by atoms with Crippen LogP contribution in [0.25, 0.3) is 0 Å². The minimum atomic E-state index is -0.00935. The van der Waals surface area contributed by atoms with Gasteiger partial charge in [-0.3, -0.25) is 14.5 Å². The van der Waals surface area contributed by atoms with E-state index in [1.807, 2.05) is 49.6 Å². The Morgan fingerprint density at radius 1 is 1.31 bits per heavy atom. The molecule has 0 saturated heterocycles. The van der Waals surface area contributed by atoms with E-state index in [2.05, 4.69) is 21.5 Å². The van der Waals surface area contributed by atoms with Gasteiger partial charge in [-0.2, -0.15) is 5.10 Å². The minimum Gasteiger partial charge on any atom is -0.487 e. The number of hydrogen-bond donors (Lipinski definition) is 1.